The molecule has 1 amide bonds. The molecule has 0 bridgehead atoms. The fraction of sp³-hybridized carbons (Fsp3) is 0.263. The predicted octanol–water partition coefficient (Wildman–Crippen LogP) is 3.80. The Bertz CT molecular complexity index is 955. The average molecular weight is 389 g/mol. The maximum atomic E-state index is 12.9. The zero-order valence-corrected chi connectivity index (χ0v) is 15.2. The SMILES string of the molecule is CC(NC(=O)C(C)n1nnc(-c2cccc(C(F)(F)F)c2)n1)c1ccccc1. The molecule has 2 aromatic carbocycles. The van der Waals surface area contributed by atoms with Gasteiger partial charge in [0.2, 0.25) is 11.7 Å². The largest absolute Gasteiger partial charge is 0.416 e. The van der Waals surface area contributed by atoms with Crippen molar-refractivity contribution < 1.29 is 18.0 Å². The minimum Gasteiger partial charge on any atom is -0.348 e. The zero-order valence-electron chi connectivity index (χ0n) is 15.2. The third kappa shape index (κ3) is 4.36. The molecule has 0 aliphatic carbocycles. The lowest BCUT2D eigenvalue weighted by atomic mass is 10.1. The van der Waals surface area contributed by atoms with Crippen LogP contribution in [0.2, 0.25) is 0 Å². The molecule has 0 saturated carbocycles. The van der Waals surface area contributed by atoms with Crippen molar-refractivity contribution in [3.05, 3.63) is 65.7 Å². The number of alkyl halides is 3. The first-order chi connectivity index (χ1) is 13.3. The minimum atomic E-state index is -4.47. The first-order valence-corrected chi connectivity index (χ1v) is 8.58. The molecular weight excluding hydrogens is 371 g/mol. The van der Waals surface area contributed by atoms with Crippen molar-refractivity contribution in [2.45, 2.75) is 32.1 Å². The smallest absolute Gasteiger partial charge is 0.348 e. The Hall–Kier alpha value is -3.23. The van der Waals surface area contributed by atoms with Crippen LogP contribution < -0.4 is 5.32 Å². The third-order valence-electron chi connectivity index (χ3n) is 4.26. The van der Waals surface area contributed by atoms with Gasteiger partial charge in [-0.15, -0.1) is 10.2 Å². The number of carbonyl (C=O) groups is 1. The van der Waals surface area contributed by atoms with Crippen LogP contribution in [0.15, 0.2) is 54.6 Å². The van der Waals surface area contributed by atoms with Crippen LogP contribution >= 0.6 is 0 Å². The molecule has 0 saturated heterocycles. The molecule has 0 spiro atoms. The number of tetrazole rings is 1. The monoisotopic (exact) mass is 389 g/mol. The molecule has 3 aromatic rings. The lowest BCUT2D eigenvalue weighted by Gasteiger charge is -2.17. The summed E-state index contributed by atoms with van der Waals surface area (Å²) >= 11 is 0. The van der Waals surface area contributed by atoms with E-state index in [2.05, 4.69) is 20.7 Å². The summed E-state index contributed by atoms with van der Waals surface area (Å²) in [6, 6.07) is 13.1. The van der Waals surface area contributed by atoms with Crippen molar-refractivity contribution in [2.75, 3.05) is 0 Å². The third-order valence-corrected chi connectivity index (χ3v) is 4.26. The van der Waals surface area contributed by atoms with Gasteiger partial charge in [0.1, 0.15) is 6.04 Å². The molecule has 1 N–H and O–H groups in total. The molecule has 146 valence electrons. The Morgan fingerprint density at radius 2 is 1.79 bits per heavy atom. The Morgan fingerprint density at radius 3 is 2.46 bits per heavy atom. The zero-order chi connectivity index (χ0) is 20.3. The van der Waals surface area contributed by atoms with Crippen LogP contribution in [0, 0.1) is 0 Å². The maximum Gasteiger partial charge on any atom is 0.416 e. The molecule has 2 unspecified atom stereocenters. The van der Waals surface area contributed by atoms with Crippen molar-refractivity contribution in [2.24, 2.45) is 0 Å². The number of benzene rings is 2. The minimum absolute atomic E-state index is 0.0156. The van der Waals surface area contributed by atoms with Crippen molar-refractivity contribution >= 4 is 5.91 Å². The summed E-state index contributed by atoms with van der Waals surface area (Å²) in [7, 11) is 0. The van der Waals surface area contributed by atoms with Gasteiger partial charge in [0.25, 0.3) is 0 Å². The number of carbonyl (C=O) groups excluding carboxylic acids is 1. The van der Waals surface area contributed by atoms with Gasteiger partial charge < -0.3 is 5.32 Å². The summed E-state index contributed by atoms with van der Waals surface area (Å²) in [6.07, 6.45) is -4.47. The van der Waals surface area contributed by atoms with Gasteiger partial charge in [0, 0.05) is 5.56 Å². The average Bonchev–Trinajstić information content (AvgIpc) is 3.17. The Morgan fingerprint density at radius 1 is 1.07 bits per heavy atom. The van der Waals surface area contributed by atoms with Gasteiger partial charge in [-0.1, -0.05) is 42.5 Å². The Labute approximate surface area is 159 Å². The first-order valence-electron chi connectivity index (χ1n) is 8.58. The number of hydrogen-bond acceptors (Lipinski definition) is 4. The van der Waals surface area contributed by atoms with E-state index < -0.39 is 17.8 Å². The van der Waals surface area contributed by atoms with Crippen LogP contribution in [-0.4, -0.2) is 26.1 Å². The van der Waals surface area contributed by atoms with E-state index in [9.17, 15) is 18.0 Å². The van der Waals surface area contributed by atoms with Gasteiger partial charge in [0.15, 0.2) is 0 Å². The Balaban J connectivity index is 1.73. The second-order valence-electron chi connectivity index (χ2n) is 6.33. The van der Waals surface area contributed by atoms with E-state index in [1.165, 1.54) is 12.1 Å². The number of halogens is 3. The molecule has 0 aliphatic rings. The molecule has 1 aromatic heterocycles. The number of hydrogen-bond donors (Lipinski definition) is 1. The highest BCUT2D eigenvalue weighted by molar-refractivity contribution is 5.80. The fourth-order valence-electron chi connectivity index (χ4n) is 2.60. The van der Waals surface area contributed by atoms with Gasteiger partial charge in [-0.05, 0) is 36.8 Å². The van der Waals surface area contributed by atoms with Crippen LogP contribution in [0.3, 0.4) is 0 Å². The van der Waals surface area contributed by atoms with E-state index in [-0.39, 0.29) is 23.3 Å². The van der Waals surface area contributed by atoms with E-state index in [4.69, 9.17) is 0 Å². The second-order valence-corrected chi connectivity index (χ2v) is 6.33. The lowest BCUT2D eigenvalue weighted by Crippen LogP contribution is -2.33. The van der Waals surface area contributed by atoms with Gasteiger partial charge in [-0.2, -0.15) is 18.0 Å². The predicted molar refractivity (Wildman–Crippen MR) is 96.0 cm³/mol. The van der Waals surface area contributed by atoms with Crippen molar-refractivity contribution in [3.8, 4) is 11.4 Å². The summed E-state index contributed by atoms with van der Waals surface area (Å²) in [5, 5.41) is 14.5. The normalized spacial score (nSPS) is 13.8. The number of aromatic nitrogens is 4. The number of amides is 1. The summed E-state index contributed by atoms with van der Waals surface area (Å²) < 4.78 is 38.6. The number of nitrogens with one attached hydrogen (secondary N) is 1. The fourth-order valence-corrected chi connectivity index (χ4v) is 2.60. The van der Waals surface area contributed by atoms with Gasteiger partial charge >= 0.3 is 6.18 Å². The summed E-state index contributed by atoms with van der Waals surface area (Å²) in [4.78, 5) is 13.6. The highest BCUT2D eigenvalue weighted by atomic mass is 19.4. The summed E-state index contributed by atoms with van der Waals surface area (Å²) in [5.41, 5.74) is 0.314. The maximum absolute atomic E-state index is 12.9. The molecule has 0 fully saturated rings. The molecule has 1 heterocycles. The molecule has 28 heavy (non-hydrogen) atoms. The van der Waals surface area contributed by atoms with Crippen LogP contribution in [0.5, 0.6) is 0 Å². The van der Waals surface area contributed by atoms with Gasteiger partial charge in [-0.3, -0.25) is 4.79 Å². The topological polar surface area (TPSA) is 72.7 Å². The summed E-state index contributed by atoms with van der Waals surface area (Å²) in [5.74, 6) is -0.314. The van der Waals surface area contributed by atoms with Crippen LogP contribution in [0.25, 0.3) is 11.4 Å². The molecular formula is C19H18F3N5O. The molecule has 6 nitrogen and oxygen atoms in total. The van der Waals surface area contributed by atoms with E-state index in [1.54, 1.807) is 6.92 Å². The second kappa shape index (κ2) is 7.79. The van der Waals surface area contributed by atoms with Gasteiger partial charge in [0.05, 0.1) is 11.6 Å². The lowest BCUT2D eigenvalue weighted by molar-refractivity contribution is -0.137. The molecule has 0 radical (unpaired) electrons. The van der Waals surface area contributed by atoms with E-state index in [1.807, 2.05) is 37.3 Å². The standard InChI is InChI=1S/C19H18F3N5O/c1-12(14-7-4-3-5-8-14)23-18(28)13(2)27-25-17(24-26-27)15-9-6-10-16(11-15)19(20,21)22/h3-13H,1-2H3,(H,23,28). The van der Waals surface area contributed by atoms with Crippen LogP contribution in [0.1, 0.15) is 37.1 Å². The summed E-state index contributed by atoms with van der Waals surface area (Å²) in [6.45, 7) is 3.44. The number of nitrogens with zero attached hydrogens (tertiary/aromatic N) is 4. The van der Waals surface area contributed by atoms with Crippen LogP contribution in [0.4, 0.5) is 13.2 Å². The Kier molecular flexibility index (Phi) is 5.43. The van der Waals surface area contributed by atoms with Gasteiger partial charge in [-0.25, -0.2) is 0 Å². The van der Waals surface area contributed by atoms with Crippen molar-refractivity contribution in [1.82, 2.24) is 25.5 Å². The van der Waals surface area contributed by atoms with Crippen LogP contribution in [-0.2, 0) is 11.0 Å². The molecule has 0 aliphatic heterocycles. The van der Waals surface area contributed by atoms with E-state index in [0.29, 0.717) is 0 Å². The van der Waals surface area contributed by atoms with Crippen molar-refractivity contribution in [3.63, 3.8) is 0 Å². The number of rotatable bonds is 5. The van der Waals surface area contributed by atoms with E-state index >= 15 is 0 Å². The van der Waals surface area contributed by atoms with Crippen molar-refractivity contribution in [1.29, 1.82) is 0 Å². The first kappa shape index (κ1) is 19.5. The van der Waals surface area contributed by atoms with E-state index in [0.717, 1.165) is 22.5 Å². The highest BCUT2D eigenvalue weighted by Gasteiger charge is 2.31. The highest BCUT2D eigenvalue weighted by Crippen LogP contribution is 2.31. The molecule has 2 atom stereocenters. The molecule has 3 rings (SSSR count). The quantitative estimate of drug-likeness (QED) is 0.721. The molecule has 9 heteroatoms.